The third kappa shape index (κ3) is 5.52. The van der Waals surface area contributed by atoms with E-state index in [2.05, 4.69) is 86.5 Å². The average Bonchev–Trinajstić information content (AvgIpc) is 2.60. The third-order valence-corrected chi connectivity index (χ3v) is 4.81. The Kier molecular flexibility index (Phi) is 7.13. The van der Waals surface area contributed by atoms with Gasteiger partial charge in [0.2, 0.25) is 0 Å². The van der Waals surface area contributed by atoms with Crippen LogP contribution in [0.3, 0.4) is 0 Å². The topological polar surface area (TPSA) is 23.6 Å². The van der Waals surface area contributed by atoms with Gasteiger partial charge < -0.3 is 9.80 Å². The van der Waals surface area contributed by atoms with Crippen molar-refractivity contribution >= 4 is 5.78 Å². The van der Waals surface area contributed by atoms with Crippen molar-refractivity contribution in [2.45, 2.75) is 38.8 Å². The number of hydrogen-bond acceptors (Lipinski definition) is 3. The van der Waals surface area contributed by atoms with Crippen LogP contribution >= 0.6 is 0 Å². The highest BCUT2D eigenvalue weighted by atomic mass is 16.1. The molecule has 0 amide bonds. The number of Topliss-reactive ketones (excluding diaryl/α,β-unsaturated/α-hetero) is 1. The lowest BCUT2D eigenvalue weighted by Crippen LogP contribution is -2.17. The highest BCUT2D eigenvalue weighted by Gasteiger charge is 2.22. The Hall–Kier alpha value is -1.97. The summed E-state index contributed by atoms with van der Waals surface area (Å²) < 4.78 is 0. The van der Waals surface area contributed by atoms with Crippen molar-refractivity contribution in [2.24, 2.45) is 0 Å². The lowest BCUT2D eigenvalue weighted by molar-refractivity contribution is -0.121. The second kappa shape index (κ2) is 9.11. The van der Waals surface area contributed by atoms with Crippen LogP contribution in [0.1, 0.15) is 47.9 Å². The smallest absolute Gasteiger partial charge is 0.147 e. The fourth-order valence-corrected chi connectivity index (χ4v) is 3.26. The first-order valence-electron chi connectivity index (χ1n) is 9.28. The molecule has 26 heavy (non-hydrogen) atoms. The molecule has 2 rings (SSSR count). The molecule has 0 bridgehead atoms. The van der Waals surface area contributed by atoms with E-state index in [1.54, 1.807) is 0 Å². The van der Waals surface area contributed by atoms with Gasteiger partial charge in [0, 0.05) is 24.9 Å². The summed E-state index contributed by atoms with van der Waals surface area (Å²) in [5.74, 6) is 0.0745. The molecule has 0 spiro atoms. The maximum atomic E-state index is 13.0. The van der Waals surface area contributed by atoms with Gasteiger partial charge in [-0.2, -0.15) is 0 Å². The number of rotatable bonds is 8. The van der Waals surface area contributed by atoms with Crippen LogP contribution in [0.4, 0.5) is 0 Å². The van der Waals surface area contributed by atoms with E-state index in [9.17, 15) is 4.79 Å². The van der Waals surface area contributed by atoms with E-state index in [0.29, 0.717) is 0 Å². The molecule has 2 unspecified atom stereocenters. The second-order valence-electron chi connectivity index (χ2n) is 7.80. The molecule has 2 atom stereocenters. The highest BCUT2D eigenvalue weighted by molar-refractivity contribution is 5.91. The summed E-state index contributed by atoms with van der Waals surface area (Å²) in [6, 6.07) is 16.9. The molecule has 0 heterocycles. The minimum Gasteiger partial charge on any atom is -0.305 e. The van der Waals surface area contributed by atoms with Gasteiger partial charge in [-0.1, -0.05) is 62.4 Å². The first-order chi connectivity index (χ1) is 12.3. The van der Waals surface area contributed by atoms with Crippen LogP contribution in [0.2, 0.25) is 0 Å². The van der Waals surface area contributed by atoms with Crippen LogP contribution in [-0.4, -0.2) is 43.8 Å². The first kappa shape index (κ1) is 20.3. The number of benzene rings is 2. The number of carbonyl (C=O) groups is 1. The quantitative estimate of drug-likeness (QED) is 0.708. The molecule has 0 saturated carbocycles. The van der Waals surface area contributed by atoms with E-state index in [4.69, 9.17) is 0 Å². The van der Waals surface area contributed by atoms with Crippen molar-refractivity contribution in [2.75, 3.05) is 28.2 Å². The number of ketones is 1. The van der Waals surface area contributed by atoms with E-state index in [1.807, 2.05) is 13.8 Å². The molecule has 0 saturated heterocycles. The highest BCUT2D eigenvalue weighted by Crippen LogP contribution is 2.26. The Bertz CT molecular complexity index is 640. The lowest BCUT2D eigenvalue weighted by Gasteiger charge is -2.18. The normalized spacial score (nSPS) is 13.8. The Labute approximate surface area is 158 Å². The van der Waals surface area contributed by atoms with E-state index in [-0.39, 0.29) is 17.6 Å². The molecule has 3 heteroatoms. The third-order valence-electron chi connectivity index (χ3n) is 4.81. The Morgan fingerprint density at radius 3 is 1.27 bits per heavy atom. The zero-order valence-electron chi connectivity index (χ0n) is 17.0. The van der Waals surface area contributed by atoms with Crippen molar-refractivity contribution in [3.05, 3.63) is 70.8 Å². The van der Waals surface area contributed by atoms with Gasteiger partial charge in [-0.15, -0.1) is 0 Å². The van der Waals surface area contributed by atoms with E-state index < -0.39 is 0 Å². The van der Waals surface area contributed by atoms with E-state index >= 15 is 0 Å². The zero-order valence-corrected chi connectivity index (χ0v) is 17.0. The molecule has 0 aliphatic carbocycles. The second-order valence-corrected chi connectivity index (χ2v) is 7.80. The number of nitrogens with zero attached hydrogens (tertiary/aromatic N) is 2. The lowest BCUT2D eigenvalue weighted by atomic mass is 9.85. The average molecular weight is 353 g/mol. The van der Waals surface area contributed by atoms with Crippen molar-refractivity contribution in [3.63, 3.8) is 0 Å². The predicted molar refractivity (Wildman–Crippen MR) is 110 cm³/mol. The molecule has 0 N–H and O–H groups in total. The summed E-state index contributed by atoms with van der Waals surface area (Å²) in [7, 11) is 8.24. The fraction of sp³-hybridized carbons (Fsp3) is 0.435. The zero-order chi connectivity index (χ0) is 19.3. The van der Waals surface area contributed by atoms with Gasteiger partial charge in [-0.05, 0) is 50.4 Å². The summed E-state index contributed by atoms with van der Waals surface area (Å²) in [4.78, 5) is 17.2. The van der Waals surface area contributed by atoms with Gasteiger partial charge in [0.05, 0.1) is 0 Å². The Morgan fingerprint density at radius 1 is 0.692 bits per heavy atom. The summed E-state index contributed by atoms with van der Waals surface area (Å²) in [5.41, 5.74) is 4.72. The van der Waals surface area contributed by atoms with Crippen molar-refractivity contribution in [1.29, 1.82) is 0 Å². The molecule has 3 nitrogen and oxygen atoms in total. The fourth-order valence-electron chi connectivity index (χ4n) is 3.26. The minimum atomic E-state index is -0.0974. The van der Waals surface area contributed by atoms with Gasteiger partial charge in [0.1, 0.15) is 5.78 Å². The summed E-state index contributed by atoms with van der Waals surface area (Å²) in [6.07, 6.45) is 0. The van der Waals surface area contributed by atoms with Crippen LogP contribution < -0.4 is 0 Å². The monoisotopic (exact) mass is 352 g/mol. The van der Waals surface area contributed by atoms with Crippen LogP contribution in [0.15, 0.2) is 48.5 Å². The van der Waals surface area contributed by atoms with Crippen molar-refractivity contribution < 1.29 is 4.79 Å². The van der Waals surface area contributed by atoms with Gasteiger partial charge >= 0.3 is 0 Å². The van der Waals surface area contributed by atoms with Crippen molar-refractivity contribution in [1.82, 2.24) is 9.80 Å². The SMILES string of the molecule is CC(C(=O)C(C)c1ccc(CN(C)C)cc1)c1ccc(CN(C)C)cc1. The van der Waals surface area contributed by atoms with E-state index in [1.165, 1.54) is 11.1 Å². The van der Waals surface area contributed by atoms with Gasteiger partial charge in [0.15, 0.2) is 0 Å². The van der Waals surface area contributed by atoms with Crippen LogP contribution in [-0.2, 0) is 17.9 Å². The van der Waals surface area contributed by atoms with Gasteiger partial charge in [-0.25, -0.2) is 0 Å². The van der Waals surface area contributed by atoms with E-state index in [0.717, 1.165) is 24.2 Å². The van der Waals surface area contributed by atoms with Crippen LogP contribution in [0.25, 0.3) is 0 Å². The molecule has 2 aromatic carbocycles. The molecular weight excluding hydrogens is 320 g/mol. The number of carbonyl (C=O) groups excluding carboxylic acids is 1. The molecule has 0 aromatic heterocycles. The molecular formula is C23H32N2O. The summed E-state index contributed by atoms with van der Waals surface area (Å²) in [6.45, 7) is 5.86. The Morgan fingerprint density at radius 2 is 1.00 bits per heavy atom. The van der Waals surface area contributed by atoms with Crippen molar-refractivity contribution in [3.8, 4) is 0 Å². The first-order valence-corrected chi connectivity index (χ1v) is 9.28. The maximum absolute atomic E-state index is 13.0. The minimum absolute atomic E-state index is 0.0974. The van der Waals surface area contributed by atoms with Crippen LogP contribution in [0, 0.1) is 0 Å². The van der Waals surface area contributed by atoms with Gasteiger partial charge in [0.25, 0.3) is 0 Å². The Balaban J connectivity index is 2.06. The molecule has 0 radical (unpaired) electrons. The molecule has 0 fully saturated rings. The van der Waals surface area contributed by atoms with Crippen LogP contribution in [0.5, 0.6) is 0 Å². The summed E-state index contributed by atoms with van der Waals surface area (Å²) >= 11 is 0. The number of hydrogen-bond donors (Lipinski definition) is 0. The van der Waals surface area contributed by atoms with Gasteiger partial charge in [-0.3, -0.25) is 4.79 Å². The molecule has 0 aliphatic heterocycles. The predicted octanol–water partition coefficient (Wildman–Crippen LogP) is 4.29. The summed E-state index contributed by atoms with van der Waals surface area (Å²) in [5, 5.41) is 0. The molecule has 0 aliphatic rings. The molecule has 2 aromatic rings. The largest absolute Gasteiger partial charge is 0.305 e. The standard InChI is InChI=1S/C23H32N2O/c1-17(21-11-7-19(8-12-21)15-24(3)4)23(26)18(2)22-13-9-20(10-14-22)16-25(5)6/h7-14,17-18H,15-16H2,1-6H3. The molecule has 140 valence electrons. The maximum Gasteiger partial charge on any atom is 0.147 e.